The number of hydrogen-bond acceptors (Lipinski definition) is 4. The number of rotatable bonds is 7. The van der Waals surface area contributed by atoms with Crippen molar-refractivity contribution >= 4 is 43.9 Å². The molecule has 0 saturated heterocycles. The molecule has 3 aromatic heterocycles. The van der Waals surface area contributed by atoms with Gasteiger partial charge in [-0.15, -0.1) is 0 Å². The molecule has 0 N–H and O–H groups in total. The predicted molar refractivity (Wildman–Crippen MR) is 255 cm³/mol. The van der Waals surface area contributed by atoms with Crippen LogP contribution in [0.25, 0.3) is 122 Å². The van der Waals surface area contributed by atoms with E-state index >= 15 is 0 Å². The van der Waals surface area contributed by atoms with Crippen LogP contribution >= 0.6 is 0 Å². The summed E-state index contributed by atoms with van der Waals surface area (Å²) in [5.74, 6) is 0.610. The van der Waals surface area contributed by atoms with Crippen molar-refractivity contribution in [1.29, 1.82) is 0 Å². The number of hydrogen-bond donors (Lipinski definition) is 0. The second kappa shape index (κ2) is 14.7. The van der Waals surface area contributed by atoms with Crippen molar-refractivity contribution in [2.75, 3.05) is 0 Å². The largest absolute Gasteiger partial charge is 0.452 e. The number of fused-ring (bicyclic) bond motifs is 7. The van der Waals surface area contributed by atoms with Gasteiger partial charge in [0.05, 0.1) is 11.4 Å². The van der Waals surface area contributed by atoms with Crippen LogP contribution in [0, 0.1) is 0 Å². The summed E-state index contributed by atoms with van der Waals surface area (Å²) in [6, 6.07) is 76.3. The minimum Gasteiger partial charge on any atom is -0.452 e. The Morgan fingerprint density at radius 3 is 1.19 bits per heavy atom. The van der Waals surface area contributed by atoms with Gasteiger partial charge in [-0.05, 0) is 99.1 Å². The average molecular weight is 793 g/mol. The molecule has 0 bridgehead atoms. The topological polar surface area (TPSA) is 52.1 Å². The first-order valence-electron chi connectivity index (χ1n) is 20.9. The molecule has 0 saturated carbocycles. The minimum atomic E-state index is 0.610. The first-order valence-corrected chi connectivity index (χ1v) is 20.9. The molecule has 0 radical (unpaired) electrons. The molecule has 12 aromatic rings. The lowest BCUT2D eigenvalue weighted by molar-refractivity contribution is 0.633. The summed E-state index contributed by atoms with van der Waals surface area (Å²) in [5.41, 5.74) is 16.6. The number of furan rings is 2. The molecule has 0 unspecified atom stereocenters. The van der Waals surface area contributed by atoms with Crippen molar-refractivity contribution in [3.05, 3.63) is 218 Å². The van der Waals surface area contributed by atoms with Gasteiger partial charge in [0.1, 0.15) is 11.2 Å². The van der Waals surface area contributed by atoms with Crippen LogP contribution in [0.15, 0.2) is 227 Å². The van der Waals surface area contributed by atoms with Crippen LogP contribution in [0.1, 0.15) is 0 Å². The second-order valence-electron chi connectivity index (χ2n) is 15.7. The second-order valence-corrected chi connectivity index (χ2v) is 15.7. The fraction of sp³-hybridized carbons (Fsp3) is 0. The van der Waals surface area contributed by atoms with Crippen LogP contribution in [-0.2, 0) is 0 Å². The fourth-order valence-corrected chi connectivity index (χ4v) is 8.81. The Kier molecular flexibility index (Phi) is 8.46. The zero-order valence-corrected chi connectivity index (χ0v) is 33.5. The Balaban J connectivity index is 1.13. The van der Waals surface area contributed by atoms with E-state index in [0.29, 0.717) is 17.0 Å². The Morgan fingerprint density at radius 1 is 0.274 bits per heavy atom. The first-order chi connectivity index (χ1) is 30.7. The molecule has 4 heteroatoms. The highest BCUT2D eigenvalue weighted by atomic mass is 16.4. The number of nitrogens with zero attached hydrogens (tertiary/aromatic N) is 2. The third-order valence-corrected chi connectivity index (χ3v) is 11.9. The smallest absolute Gasteiger partial charge is 0.179 e. The first kappa shape index (κ1) is 35.6. The average Bonchev–Trinajstić information content (AvgIpc) is 3.93. The molecule has 0 atom stereocenters. The molecule has 9 aromatic carbocycles. The molecule has 0 amide bonds. The van der Waals surface area contributed by atoms with Gasteiger partial charge >= 0.3 is 0 Å². The van der Waals surface area contributed by atoms with E-state index in [1.165, 1.54) is 11.1 Å². The van der Waals surface area contributed by atoms with Gasteiger partial charge < -0.3 is 8.83 Å². The SMILES string of the molecule is c1ccc(-c2cc(-c3ccccc3)cc(-c3ccc4oc5c(cc(-c6nc(-c7ccccc7)cc(-c7ccccc7)n6)c6c7cc(-c8ccccc8)ccc7oc56)c4c3)c2)cc1. The van der Waals surface area contributed by atoms with Gasteiger partial charge in [0, 0.05) is 38.2 Å². The summed E-state index contributed by atoms with van der Waals surface area (Å²) >= 11 is 0. The van der Waals surface area contributed by atoms with Crippen molar-refractivity contribution < 1.29 is 8.83 Å². The standard InChI is InChI=1S/C58H36N2O2/c1-6-16-37(17-7-1)42-26-29-54-49(34-42)55-50(58-59-51(40-22-12-4-13-23-40)36-52(60-58)41-24-14-5-15-25-41)35-48-47-33-43(27-28-53(47)61-56(48)57(55)62-54)46-31-44(38-18-8-2-9-19-38)30-45(32-46)39-20-10-3-11-21-39/h1-36H. The van der Waals surface area contributed by atoms with Crippen molar-refractivity contribution in [1.82, 2.24) is 9.97 Å². The molecule has 0 spiro atoms. The third kappa shape index (κ3) is 6.25. The van der Waals surface area contributed by atoms with E-state index in [2.05, 4.69) is 176 Å². The van der Waals surface area contributed by atoms with Crippen molar-refractivity contribution in [2.45, 2.75) is 0 Å². The van der Waals surface area contributed by atoms with Crippen LogP contribution in [0.5, 0.6) is 0 Å². The monoisotopic (exact) mass is 792 g/mol. The molecule has 12 rings (SSSR count). The van der Waals surface area contributed by atoms with Crippen molar-refractivity contribution in [3.8, 4) is 78.4 Å². The molecule has 62 heavy (non-hydrogen) atoms. The van der Waals surface area contributed by atoms with Gasteiger partial charge in [0.15, 0.2) is 17.0 Å². The maximum absolute atomic E-state index is 6.87. The Bertz CT molecular complexity index is 3480. The minimum absolute atomic E-state index is 0.610. The van der Waals surface area contributed by atoms with E-state index in [-0.39, 0.29) is 0 Å². The molecular formula is C58H36N2O2. The number of benzene rings is 9. The van der Waals surface area contributed by atoms with E-state index in [4.69, 9.17) is 18.8 Å². The lowest BCUT2D eigenvalue weighted by atomic mass is 9.92. The van der Waals surface area contributed by atoms with Gasteiger partial charge in [-0.1, -0.05) is 164 Å². The molecule has 0 aliphatic carbocycles. The molecular weight excluding hydrogens is 757 g/mol. The highest BCUT2D eigenvalue weighted by Gasteiger charge is 2.24. The normalized spacial score (nSPS) is 11.5. The molecule has 0 fully saturated rings. The van der Waals surface area contributed by atoms with Gasteiger partial charge in [0.25, 0.3) is 0 Å². The summed E-state index contributed by atoms with van der Waals surface area (Å²) in [7, 11) is 0. The maximum atomic E-state index is 6.87. The highest BCUT2D eigenvalue weighted by Crippen LogP contribution is 2.46. The summed E-state index contributed by atoms with van der Waals surface area (Å²) < 4.78 is 13.7. The van der Waals surface area contributed by atoms with Crippen LogP contribution in [0.3, 0.4) is 0 Å². The maximum Gasteiger partial charge on any atom is 0.179 e. The predicted octanol–water partition coefficient (Wildman–Crippen LogP) is 15.9. The van der Waals surface area contributed by atoms with Crippen LogP contribution in [0.4, 0.5) is 0 Å². The lowest BCUT2D eigenvalue weighted by Gasteiger charge is -2.12. The van der Waals surface area contributed by atoms with Crippen LogP contribution in [-0.4, -0.2) is 9.97 Å². The molecule has 0 aliphatic heterocycles. The Morgan fingerprint density at radius 2 is 0.677 bits per heavy atom. The zero-order chi connectivity index (χ0) is 41.0. The Hall–Kier alpha value is -8.34. The molecule has 4 nitrogen and oxygen atoms in total. The third-order valence-electron chi connectivity index (χ3n) is 11.9. The van der Waals surface area contributed by atoms with E-state index in [0.717, 1.165) is 94.2 Å². The molecule has 0 aliphatic rings. The summed E-state index contributed by atoms with van der Waals surface area (Å²) in [4.78, 5) is 10.7. The summed E-state index contributed by atoms with van der Waals surface area (Å²) in [6.07, 6.45) is 0. The van der Waals surface area contributed by atoms with E-state index in [9.17, 15) is 0 Å². The van der Waals surface area contributed by atoms with Gasteiger partial charge in [-0.2, -0.15) is 0 Å². The van der Waals surface area contributed by atoms with Crippen molar-refractivity contribution in [2.24, 2.45) is 0 Å². The van der Waals surface area contributed by atoms with Gasteiger partial charge in [-0.3, -0.25) is 0 Å². The van der Waals surface area contributed by atoms with Gasteiger partial charge in [-0.25, -0.2) is 9.97 Å². The summed E-state index contributed by atoms with van der Waals surface area (Å²) in [5, 5.41) is 3.81. The van der Waals surface area contributed by atoms with E-state index in [1.54, 1.807) is 0 Å². The molecule has 290 valence electrons. The lowest BCUT2D eigenvalue weighted by Crippen LogP contribution is -1.96. The van der Waals surface area contributed by atoms with Crippen molar-refractivity contribution in [3.63, 3.8) is 0 Å². The highest BCUT2D eigenvalue weighted by molar-refractivity contribution is 6.24. The van der Waals surface area contributed by atoms with E-state index in [1.807, 2.05) is 42.5 Å². The fourth-order valence-electron chi connectivity index (χ4n) is 8.81. The quantitative estimate of drug-likeness (QED) is 0.161. The molecule has 3 heterocycles. The number of aromatic nitrogens is 2. The Labute approximate surface area is 358 Å². The van der Waals surface area contributed by atoms with Crippen LogP contribution in [0.2, 0.25) is 0 Å². The van der Waals surface area contributed by atoms with E-state index < -0.39 is 0 Å². The summed E-state index contributed by atoms with van der Waals surface area (Å²) in [6.45, 7) is 0. The van der Waals surface area contributed by atoms with Crippen LogP contribution < -0.4 is 0 Å². The zero-order valence-electron chi connectivity index (χ0n) is 33.5. The van der Waals surface area contributed by atoms with Gasteiger partial charge in [0.2, 0.25) is 0 Å².